The Hall–Kier alpha value is 0.400. The minimum Gasteiger partial charge on any atom is -1.00 e. The van der Waals surface area contributed by atoms with E-state index in [4.69, 9.17) is 0 Å². The van der Waals surface area contributed by atoms with Gasteiger partial charge in [-0.25, -0.2) is 0 Å². The number of hydrogen-bond donors (Lipinski definition) is 1. The largest absolute Gasteiger partial charge is 1.00 e. The van der Waals surface area contributed by atoms with Gasteiger partial charge in [0.1, 0.15) is 12.6 Å². The van der Waals surface area contributed by atoms with Crippen LogP contribution < -0.4 is 17.0 Å². The lowest BCUT2D eigenvalue weighted by atomic mass is 10.1. The quantitative estimate of drug-likeness (QED) is 0.392. The molecule has 2 nitrogen and oxygen atoms in total. The highest BCUT2D eigenvalue weighted by Crippen LogP contribution is 2.11. The van der Waals surface area contributed by atoms with Crippen molar-refractivity contribution in [2.45, 2.75) is 84.2 Å². The van der Waals surface area contributed by atoms with E-state index in [9.17, 15) is 5.11 Å². The molecule has 3 heteroatoms. The second-order valence-corrected chi connectivity index (χ2v) is 6.87. The maximum atomic E-state index is 9.43. The van der Waals surface area contributed by atoms with Crippen molar-refractivity contribution in [1.29, 1.82) is 0 Å². The molecule has 1 N–H and O–H groups in total. The SMILES string of the molecule is CCCCCCCCCCCC[N+](C)(C)CC(C)O.[Br-]. The van der Waals surface area contributed by atoms with E-state index < -0.39 is 0 Å². The Morgan fingerprint density at radius 1 is 0.800 bits per heavy atom. The average molecular weight is 352 g/mol. The number of rotatable bonds is 13. The molecule has 0 aromatic carbocycles. The molecule has 0 aromatic rings. The summed E-state index contributed by atoms with van der Waals surface area (Å²) in [6, 6.07) is 0. The highest BCUT2D eigenvalue weighted by Gasteiger charge is 2.16. The van der Waals surface area contributed by atoms with Crippen molar-refractivity contribution in [3.8, 4) is 0 Å². The normalized spacial score (nSPS) is 13.1. The summed E-state index contributed by atoms with van der Waals surface area (Å²) in [6.07, 6.45) is 13.8. The fourth-order valence-corrected chi connectivity index (χ4v) is 2.83. The van der Waals surface area contributed by atoms with Crippen LogP contribution in [0.5, 0.6) is 0 Å². The lowest BCUT2D eigenvalue weighted by molar-refractivity contribution is -0.893. The summed E-state index contributed by atoms with van der Waals surface area (Å²) in [4.78, 5) is 0. The standard InChI is InChI=1S/C17H38NO.BrH/c1-5-6-7-8-9-10-11-12-13-14-15-18(3,4)16-17(2)19;/h17,19H,5-16H2,1-4H3;1H/q+1;/p-1. The van der Waals surface area contributed by atoms with Crippen LogP contribution in [0, 0.1) is 0 Å². The molecule has 0 saturated heterocycles. The van der Waals surface area contributed by atoms with Gasteiger partial charge in [0.15, 0.2) is 0 Å². The molecule has 0 radical (unpaired) electrons. The third-order valence-corrected chi connectivity index (χ3v) is 3.88. The predicted molar refractivity (Wildman–Crippen MR) is 85.4 cm³/mol. The van der Waals surface area contributed by atoms with Gasteiger partial charge < -0.3 is 26.6 Å². The van der Waals surface area contributed by atoms with Gasteiger partial charge in [0, 0.05) is 0 Å². The van der Waals surface area contributed by atoms with Crippen LogP contribution in [0.4, 0.5) is 0 Å². The Morgan fingerprint density at radius 2 is 1.20 bits per heavy atom. The molecule has 0 fully saturated rings. The third kappa shape index (κ3) is 16.5. The molecule has 0 spiro atoms. The molecule has 0 bridgehead atoms. The van der Waals surface area contributed by atoms with Gasteiger partial charge in [-0.05, 0) is 19.8 Å². The maximum Gasteiger partial charge on any atom is 0.104 e. The highest BCUT2D eigenvalue weighted by atomic mass is 79.9. The van der Waals surface area contributed by atoms with E-state index in [1.807, 2.05) is 6.92 Å². The Kier molecular flexibility index (Phi) is 16.3. The fourth-order valence-electron chi connectivity index (χ4n) is 2.83. The van der Waals surface area contributed by atoms with Crippen LogP contribution in [-0.2, 0) is 0 Å². The smallest absolute Gasteiger partial charge is 0.104 e. The Bertz CT molecular complexity index is 195. The minimum absolute atomic E-state index is 0. The monoisotopic (exact) mass is 351 g/mol. The first-order chi connectivity index (χ1) is 8.98. The van der Waals surface area contributed by atoms with Gasteiger partial charge in [0.2, 0.25) is 0 Å². The first kappa shape index (κ1) is 22.7. The first-order valence-corrected chi connectivity index (χ1v) is 8.48. The van der Waals surface area contributed by atoms with Crippen molar-refractivity contribution in [1.82, 2.24) is 0 Å². The minimum atomic E-state index is -0.182. The van der Waals surface area contributed by atoms with Crippen LogP contribution in [-0.4, -0.2) is 42.9 Å². The zero-order chi connectivity index (χ0) is 14.6. The topological polar surface area (TPSA) is 20.2 Å². The van der Waals surface area contributed by atoms with E-state index in [1.165, 1.54) is 70.8 Å². The number of aliphatic hydroxyl groups excluding tert-OH is 1. The molecule has 0 heterocycles. The van der Waals surface area contributed by atoms with Gasteiger partial charge >= 0.3 is 0 Å². The van der Waals surface area contributed by atoms with Gasteiger partial charge in [-0.15, -0.1) is 0 Å². The van der Waals surface area contributed by atoms with Crippen LogP contribution in [0.3, 0.4) is 0 Å². The maximum absolute atomic E-state index is 9.43. The number of quaternary nitrogens is 1. The Balaban J connectivity index is 0. The van der Waals surface area contributed by atoms with Gasteiger partial charge in [-0.1, -0.05) is 58.3 Å². The zero-order valence-electron chi connectivity index (χ0n) is 14.3. The lowest BCUT2D eigenvalue weighted by Crippen LogP contribution is -3.00. The van der Waals surface area contributed by atoms with Gasteiger partial charge in [0.05, 0.1) is 20.6 Å². The van der Waals surface area contributed by atoms with E-state index in [-0.39, 0.29) is 23.1 Å². The van der Waals surface area contributed by atoms with Gasteiger partial charge in [-0.2, -0.15) is 0 Å². The number of aliphatic hydroxyl groups is 1. The molecule has 0 aliphatic carbocycles. The first-order valence-electron chi connectivity index (χ1n) is 8.48. The lowest BCUT2D eigenvalue weighted by Gasteiger charge is -2.31. The molecule has 0 saturated carbocycles. The second-order valence-electron chi connectivity index (χ2n) is 6.87. The molecule has 0 aromatic heterocycles. The molecule has 0 rings (SSSR count). The summed E-state index contributed by atoms with van der Waals surface area (Å²) in [6.45, 7) is 6.23. The molecule has 0 aliphatic heterocycles. The van der Waals surface area contributed by atoms with Gasteiger partial charge in [0.25, 0.3) is 0 Å². The molecular weight excluding hydrogens is 314 g/mol. The molecule has 124 valence electrons. The molecule has 0 amide bonds. The fraction of sp³-hybridized carbons (Fsp3) is 1.00. The van der Waals surface area contributed by atoms with Crippen LogP contribution >= 0.6 is 0 Å². The second kappa shape index (κ2) is 14.3. The summed E-state index contributed by atoms with van der Waals surface area (Å²) >= 11 is 0. The van der Waals surface area contributed by atoms with Crippen molar-refractivity contribution in [2.75, 3.05) is 27.2 Å². The third-order valence-electron chi connectivity index (χ3n) is 3.88. The van der Waals surface area contributed by atoms with Crippen molar-refractivity contribution in [3.63, 3.8) is 0 Å². The summed E-state index contributed by atoms with van der Waals surface area (Å²) in [5.41, 5.74) is 0. The summed E-state index contributed by atoms with van der Waals surface area (Å²) in [5.74, 6) is 0. The summed E-state index contributed by atoms with van der Waals surface area (Å²) in [7, 11) is 4.45. The average Bonchev–Trinajstić information content (AvgIpc) is 2.30. The molecule has 1 unspecified atom stereocenters. The van der Waals surface area contributed by atoms with E-state index in [0.29, 0.717) is 0 Å². The van der Waals surface area contributed by atoms with E-state index in [0.717, 1.165) is 11.0 Å². The number of hydrogen-bond acceptors (Lipinski definition) is 1. The molecular formula is C17H38BrNO. The van der Waals surface area contributed by atoms with Crippen LogP contribution in [0.2, 0.25) is 0 Å². The number of likely N-dealkylation sites (N-methyl/N-ethyl adjacent to an activating group) is 1. The van der Waals surface area contributed by atoms with Crippen molar-refractivity contribution in [3.05, 3.63) is 0 Å². The molecule has 20 heavy (non-hydrogen) atoms. The molecule has 0 aliphatic rings. The van der Waals surface area contributed by atoms with E-state index >= 15 is 0 Å². The van der Waals surface area contributed by atoms with Crippen LogP contribution in [0.25, 0.3) is 0 Å². The number of nitrogens with zero attached hydrogens (tertiary/aromatic N) is 1. The van der Waals surface area contributed by atoms with Crippen LogP contribution in [0.15, 0.2) is 0 Å². The Morgan fingerprint density at radius 3 is 1.60 bits per heavy atom. The zero-order valence-corrected chi connectivity index (χ0v) is 15.9. The van der Waals surface area contributed by atoms with Crippen molar-refractivity contribution in [2.24, 2.45) is 0 Å². The highest BCUT2D eigenvalue weighted by molar-refractivity contribution is 4.49. The predicted octanol–water partition coefficient (Wildman–Crippen LogP) is 1.37. The Labute approximate surface area is 138 Å². The number of unbranched alkanes of at least 4 members (excludes halogenated alkanes) is 9. The van der Waals surface area contributed by atoms with Crippen LogP contribution in [0.1, 0.15) is 78.1 Å². The van der Waals surface area contributed by atoms with Gasteiger partial charge in [-0.3, -0.25) is 0 Å². The van der Waals surface area contributed by atoms with Crippen molar-refractivity contribution < 1.29 is 26.6 Å². The summed E-state index contributed by atoms with van der Waals surface area (Å²) in [5, 5.41) is 9.43. The molecule has 1 atom stereocenters. The summed E-state index contributed by atoms with van der Waals surface area (Å²) < 4.78 is 0.953. The number of halogens is 1. The van der Waals surface area contributed by atoms with Crippen molar-refractivity contribution >= 4 is 0 Å². The van der Waals surface area contributed by atoms with E-state index in [1.54, 1.807) is 0 Å². The van der Waals surface area contributed by atoms with E-state index in [2.05, 4.69) is 21.0 Å².